The molecule has 1 aliphatic heterocycles. The van der Waals surface area contributed by atoms with Gasteiger partial charge in [-0.2, -0.15) is 16.9 Å². The van der Waals surface area contributed by atoms with Crippen LogP contribution in [0, 0.1) is 6.92 Å². The lowest BCUT2D eigenvalue weighted by atomic mass is 10.0. The summed E-state index contributed by atoms with van der Waals surface area (Å²) >= 11 is 1.79. The van der Waals surface area contributed by atoms with Crippen molar-refractivity contribution in [2.24, 2.45) is 0 Å². The van der Waals surface area contributed by atoms with E-state index in [0.29, 0.717) is 22.5 Å². The maximum Gasteiger partial charge on any atom is 0.256 e. The first-order chi connectivity index (χ1) is 15.6. The highest BCUT2D eigenvalue weighted by atomic mass is 32.2. The molecule has 1 aliphatic rings. The summed E-state index contributed by atoms with van der Waals surface area (Å²) in [4.78, 5) is 25.7. The summed E-state index contributed by atoms with van der Waals surface area (Å²) in [5.41, 5.74) is 5.80. The molecule has 0 radical (unpaired) electrons. The predicted molar refractivity (Wildman–Crippen MR) is 128 cm³/mol. The number of anilines is 1. The Kier molecular flexibility index (Phi) is 5.37. The first-order valence-electron chi connectivity index (χ1n) is 10.4. The number of benzene rings is 3. The van der Waals surface area contributed by atoms with Crippen molar-refractivity contribution in [3.63, 3.8) is 0 Å². The molecule has 1 amide bonds. The minimum Gasteiger partial charge on any atom is -0.306 e. The monoisotopic (exact) mass is 439 g/mol. The van der Waals surface area contributed by atoms with Crippen LogP contribution in [-0.2, 0) is 11.5 Å². The van der Waals surface area contributed by atoms with Crippen molar-refractivity contribution >= 4 is 29.3 Å². The number of amides is 1. The highest BCUT2D eigenvalue weighted by Crippen LogP contribution is 2.36. The zero-order chi connectivity index (χ0) is 22.1. The van der Waals surface area contributed by atoms with Gasteiger partial charge in [-0.25, -0.2) is 4.68 Å². The Morgan fingerprint density at radius 2 is 1.59 bits per heavy atom. The molecule has 2 heterocycles. The number of ketones is 1. The molecule has 5 rings (SSSR count). The smallest absolute Gasteiger partial charge is 0.256 e. The minimum absolute atomic E-state index is 0.0649. The summed E-state index contributed by atoms with van der Waals surface area (Å²) < 4.78 is 1.82. The Labute approximate surface area is 190 Å². The summed E-state index contributed by atoms with van der Waals surface area (Å²) in [6, 6.07) is 24.0. The van der Waals surface area contributed by atoms with Gasteiger partial charge in [-0.1, -0.05) is 54.6 Å². The second kappa shape index (κ2) is 8.48. The van der Waals surface area contributed by atoms with E-state index in [1.165, 1.54) is 0 Å². The SMILES string of the molecule is Cc1cccc(-n2nc3c(c2NC(=O)c2ccc(C(=O)c4ccccc4)cc2)CSC3)c1. The number of hydrogen-bond acceptors (Lipinski definition) is 4. The lowest BCUT2D eigenvalue weighted by molar-refractivity contribution is 0.101. The van der Waals surface area contributed by atoms with Crippen LogP contribution in [0.2, 0.25) is 0 Å². The van der Waals surface area contributed by atoms with Gasteiger partial charge in [-0.15, -0.1) is 0 Å². The van der Waals surface area contributed by atoms with Gasteiger partial charge in [0, 0.05) is 33.8 Å². The molecule has 0 bridgehead atoms. The van der Waals surface area contributed by atoms with E-state index in [1.54, 1.807) is 48.2 Å². The van der Waals surface area contributed by atoms with Gasteiger partial charge in [0.15, 0.2) is 5.78 Å². The Hall–Kier alpha value is -3.64. The number of nitrogens with zero attached hydrogens (tertiary/aromatic N) is 2. The molecule has 5 nitrogen and oxygen atoms in total. The number of thioether (sulfide) groups is 1. The summed E-state index contributed by atoms with van der Waals surface area (Å²) in [6.45, 7) is 2.03. The van der Waals surface area contributed by atoms with Gasteiger partial charge < -0.3 is 5.32 Å². The van der Waals surface area contributed by atoms with Crippen LogP contribution in [0.4, 0.5) is 5.82 Å². The Morgan fingerprint density at radius 3 is 2.34 bits per heavy atom. The average molecular weight is 440 g/mol. The third kappa shape index (κ3) is 3.85. The molecule has 0 unspecified atom stereocenters. The molecule has 6 heteroatoms. The number of carbonyl (C=O) groups is 2. The van der Waals surface area contributed by atoms with E-state index in [1.807, 2.05) is 48.0 Å². The molecule has 0 saturated heterocycles. The number of aromatic nitrogens is 2. The summed E-state index contributed by atoms with van der Waals surface area (Å²) in [7, 11) is 0. The molecule has 158 valence electrons. The van der Waals surface area contributed by atoms with Crippen LogP contribution < -0.4 is 5.32 Å². The molecule has 0 atom stereocenters. The van der Waals surface area contributed by atoms with E-state index in [-0.39, 0.29) is 11.7 Å². The van der Waals surface area contributed by atoms with E-state index in [9.17, 15) is 9.59 Å². The largest absolute Gasteiger partial charge is 0.306 e. The number of aryl methyl sites for hydroxylation is 1. The molecule has 32 heavy (non-hydrogen) atoms. The normalized spacial score (nSPS) is 12.4. The fourth-order valence-electron chi connectivity index (χ4n) is 3.80. The second-order valence-corrected chi connectivity index (χ2v) is 8.73. The predicted octanol–water partition coefficient (Wildman–Crippen LogP) is 5.41. The maximum absolute atomic E-state index is 13.1. The lowest BCUT2D eigenvalue weighted by Crippen LogP contribution is -2.16. The van der Waals surface area contributed by atoms with Gasteiger partial charge in [0.05, 0.1) is 11.4 Å². The van der Waals surface area contributed by atoms with E-state index in [2.05, 4.69) is 11.4 Å². The number of nitrogens with one attached hydrogen (secondary N) is 1. The van der Waals surface area contributed by atoms with Crippen LogP contribution >= 0.6 is 11.8 Å². The lowest BCUT2D eigenvalue weighted by Gasteiger charge is -2.12. The first-order valence-corrected chi connectivity index (χ1v) is 11.5. The van der Waals surface area contributed by atoms with Gasteiger partial charge >= 0.3 is 0 Å². The summed E-state index contributed by atoms with van der Waals surface area (Å²) in [5.74, 6) is 2.08. The minimum atomic E-state index is -0.225. The number of fused-ring (bicyclic) bond motifs is 1. The number of carbonyl (C=O) groups excluding carboxylic acids is 2. The highest BCUT2D eigenvalue weighted by molar-refractivity contribution is 7.98. The standard InChI is InChI=1S/C26H21N3O2S/c1-17-6-5-9-21(14-17)29-25(22-15-32-16-23(22)28-29)27-26(31)20-12-10-19(11-13-20)24(30)18-7-3-2-4-8-18/h2-14H,15-16H2,1H3,(H,27,31). The van der Waals surface area contributed by atoms with Gasteiger partial charge in [-0.05, 0) is 36.8 Å². The van der Waals surface area contributed by atoms with Crippen molar-refractivity contribution in [3.05, 3.63) is 112 Å². The molecule has 0 aliphatic carbocycles. The van der Waals surface area contributed by atoms with Crippen LogP contribution in [0.5, 0.6) is 0 Å². The molecule has 1 aromatic heterocycles. The zero-order valence-corrected chi connectivity index (χ0v) is 18.4. The topological polar surface area (TPSA) is 64.0 Å². The molecule has 0 fully saturated rings. The highest BCUT2D eigenvalue weighted by Gasteiger charge is 2.25. The van der Waals surface area contributed by atoms with Crippen molar-refractivity contribution in [3.8, 4) is 5.69 Å². The van der Waals surface area contributed by atoms with Crippen LogP contribution in [-0.4, -0.2) is 21.5 Å². The fourth-order valence-corrected chi connectivity index (χ4v) is 4.83. The van der Waals surface area contributed by atoms with Crippen molar-refractivity contribution in [1.29, 1.82) is 0 Å². The summed E-state index contributed by atoms with van der Waals surface area (Å²) in [6.07, 6.45) is 0. The summed E-state index contributed by atoms with van der Waals surface area (Å²) in [5, 5.41) is 7.82. The third-order valence-corrected chi connectivity index (χ3v) is 6.45. The van der Waals surface area contributed by atoms with E-state index in [4.69, 9.17) is 5.10 Å². The van der Waals surface area contributed by atoms with Crippen molar-refractivity contribution in [2.75, 3.05) is 5.32 Å². The Balaban J connectivity index is 1.41. The molecule has 1 N–H and O–H groups in total. The van der Waals surface area contributed by atoms with Gasteiger partial charge in [0.25, 0.3) is 5.91 Å². The fraction of sp³-hybridized carbons (Fsp3) is 0.115. The van der Waals surface area contributed by atoms with Crippen LogP contribution in [0.3, 0.4) is 0 Å². The molecule has 4 aromatic rings. The van der Waals surface area contributed by atoms with Crippen LogP contribution in [0.15, 0.2) is 78.9 Å². The van der Waals surface area contributed by atoms with Gasteiger partial charge in [0.2, 0.25) is 0 Å². The second-order valence-electron chi connectivity index (χ2n) is 7.74. The molecule has 3 aromatic carbocycles. The van der Waals surface area contributed by atoms with Crippen LogP contribution in [0.25, 0.3) is 5.69 Å². The number of hydrogen-bond donors (Lipinski definition) is 1. The van der Waals surface area contributed by atoms with Crippen molar-refractivity contribution in [1.82, 2.24) is 9.78 Å². The van der Waals surface area contributed by atoms with Crippen molar-refractivity contribution < 1.29 is 9.59 Å². The average Bonchev–Trinajstić information content (AvgIpc) is 3.42. The zero-order valence-electron chi connectivity index (χ0n) is 17.5. The van der Waals surface area contributed by atoms with Crippen molar-refractivity contribution in [2.45, 2.75) is 18.4 Å². The van der Waals surface area contributed by atoms with Crippen LogP contribution in [0.1, 0.15) is 43.1 Å². The maximum atomic E-state index is 13.1. The number of rotatable bonds is 5. The van der Waals surface area contributed by atoms with Gasteiger partial charge in [0.1, 0.15) is 5.82 Å². The quantitative estimate of drug-likeness (QED) is 0.422. The van der Waals surface area contributed by atoms with E-state index < -0.39 is 0 Å². The van der Waals surface area contributed by atoms with E-state index in [0.717, 1.165) is 34.0 Å². The molecular weight excluding hydrogens is 418 g/mol. The Morgan fingerprint density at radius 1 is 0.875 bits per heavy atom. The Bertz CT molecular complexity index is 1310. The first kappa shape index (κ1) is 20.3. The molecule has 0 spiro atoms. The van der Waals surface area contributed by atoms with E-state index >= 15 is 0 Å². The molecule has 0 saturated carbocycles. The molecular formula is C26H21N3O2S. The third-order valence-electron chi connectivity index (χ3n) is 5.48. The van der Waals surface area contributed by atoms with Gasteiger partial charge in [-0.3, -0.25) is 9.59 Å².